The zero-order chi connectivity index (χ0) is 24.7. The van der Waals surface area contributed by atoms with Crippen LogP contribution >= 0.6 is 0 Å². The molecule has 1 unspecified atom stereocenters. The summed E-state index contributed by atoms with van der Waals surface area (Å²) >= 11 is 0. The van der Waals surface area contributed by atoms with Crippen molar-refractivity contribution in [3.63, 3.8) is 0 Å². The highest BCUT2D eigenvalue weighted by molar-refractivity contribution is 5.97. The summed E-state index contributed by atoms with van der Waals surface area (Å²) < 4.78 is 2.23. The van der Waals surface area contributed by atoms with Crippen LogP contribution in [0.5, 0.6) is 0 Å². The lowest BCUT2D eigenvalue weighted by molar-refractivity contribution is -0.157. The van der Waals surface area contributed by atoms with Gasteiger partial charge in [0.2, 0.25) is 11.8 Å². The van der Waals surface area contributed by atoms with Gasteiger partial charge < -0.3 is 19.5 Å². The maximum absolute atomic E-state index is 13.4. The number of piperazine rings is 1. The van der Waals surface area contributed by atoms with Crippen molar-refractivity contribution in [2.75, 3.05) is 19.7 Å². The zero-order valence-corrected chi connectivity index (χ0v) is 20.2. The van der Waals surface area contributed by atoms with Crippen LogP contribution in [0.1, 0.15) is 47.4 Å². The van der Waals surface area contributed by atoms with Crippen LogP contribution in [0.25, 0.3) is 10.9 Å². The Hall–Kier alpha value is -3.45. The van der Waals surface area contributed by atoms with Crippen molar-refractivity contribution >= 4 is 28.5 Å². The molecule has 1 fully saturated rings. The largest absolute Gasteiger partial charge is 0.388 e. The molecule has 182 valence electrons. The van der Waals surface area contributed by atoms with E-state index in [1.165, 1.54) is 0 Å². The molecule has 7 nitrogen and oxygen atoms in total. The first-order chi connectivity index (χ1) is 16.9. The minimum absolute atomic E-state index is 0.00711. The second-order valence-electron chi connectivity index (χ2n) is 9.99. The fraction of sp³-hybridized carbons (Fsp3) is 0.393. The summed E-state index contributed by atoms with van der Waals surface area (Å²) in [5, 5.41) is 10.2. The van der Waals surface area contributed by atoms with Gasteiger partial charge in [0.25, 0.3) is 0 Å². The Bertz CT molecular complexity index is 1290. The minimum atomic E-state index is -0.506. The van der Waals surface area contributed by atoms with Gasteiger partial charge in [-0.3, -0.25) is 14.4 Å². The van der Waals surface area contributed by atoms with Crippen LogP contribution in [0.2, 0.25) is 0 Å². The van der Waals surface area contributed by atoms with Crippen LogP contribution < -0.4 is 0 Å². The number of Topliss-reactive ketones (excluding diaryl/α,β-unsaturated/α-hetero) is 1. The fourth-order valence-electron chi connectivity index (χ4n) is 5.29. The molecular weight excluding hydrogens is 442 g/mol. The number of fused-ring (bicyclic) bond motifs is 4. The topological polar surface area (TPSA) is 82.8 Å². The molecule has 1 N–H and O–H groups in total. The molecule has 2 amide bonds. The van der Waals surface area contributed by atoms with E-state index in [1.807, 2.05) is 24.3 Å². The van der Waals surface area contributed by atoms with Crippen molar-refractivity contribution in [1.29, 1.82) is 0 Å². The lowest BCUT2D eigenvalue weighted by Gasteiger charge is -2.43. The van der Waals surface area contributed by atoms with Crippen LogP contribution in [0.15, 0.2) is 48.5 Å². The normalized spacial score (nSPS) is 17.8. The molecule has 2 aromatic carbocycles. The summed E-state index contributed by atoms with van der Waals surface area (Å²) in [7, 11) is 0. The summed E-state index contributed by atoms with van der Waals surface area (Å²) in [5.74, 6) is 0.231. The fourth-order valence-corrected chi connectivity index (χ4v) is 5.29. The number of rotatable bonds is 7. The average Bonchev–Trinajstić information content (AvgIpc) is 3.17. The first-order valence-corrected chi connectivity index (χ1v) is 12.3. The number of nitrogens with zero attached hydrogens (tertiary/aromatic N) is 3. The second kappa shape index (κ2) is 9.30. The summed E-state index contributed by atoms with van der Waals surface area (Å²) in [6, 6.07) is 15.0. The van der Waals surface area contributed by atoms with Crippen LogP contribution in [-0.4, -0.2) is 62.8 Å². The molecule has 3 aromatic rings. The highest BCUT2D eigenvalue weighted by Gasteiger charge is 2.43. The van der Waals surface area contributed by atoms with Gasteiger partial charge in [-0.05, 0) is 29.5 Å². The maximum Gasteiger partial charge on any atom is 0.246 e. The van der Waals surface area contributed by atoms with Gasteiger partial charge in [0.15, 0.2) is 5.78 Å². The third-order valence-electron chi connectivity index (χ3n) is 7.27. The van der Waals surface area contributed by atoms with Gasteiger partial charge in [-0.25, -0.2) is 0 Å². The third kappa shape index (κ3) is 4.25. The molecule has 7 heteroatoms. The van der Waals surface area contributed by atoms with E-state index in [0.717, 1.165) is 34.1 Å². The number of aliphatic hydroxyl groups is 1. The molecule has 1 saturated heterocycles. The van der Waals surface area contributed by atoms with E-state index in [2.05, 4.69) is 30.5 Å². The van der Waals surface area contributed by atoms with Crippen molar-refractivity contribution in [2.24, 2.45) is 5.92 Å². The van der Waals surface area contributed by atoms with Gasteiger partial charge in [-0.15, -0.1) is 0 Å². The molecule has 0 bridgehead atoms. The Kier molecular flexibility index (Phi) is 6.19. The van der Waals surface area contributed by atoms with E-state index in [-0.39, 0.29) is 24.1 Å². The SMILES string of the molecule is CC(C)CCN1CC(=O)N2Cc3c(c4ccccc4n3Cc3ccc(C(=O)CO)cc3)CC2C1=O. The molecule has 1 aromatic heterocycles. The predicted molar refractivity (Wildman–Crippen MR) is 133 cm³/mol. The first kappa shape index (κ1) is 23.3. The Morgan fingerprint density at radius 3 is 2.51 bits per heavy atom. The number of ketones is 1. The first-order valence-electron chi connectivity index (χ1n) is 12.3. The number of aliphatic hydroxyl groups excluding tert-OH is 1. The van der Waals surface area contributed by atoms with E-state index < -0.39 is 12.6 Å². The van der Waals surface area contributed by atoms with E-state index in [0.29, 0.717) is 37.5 Å². The number of benzene rings is 2. The van der Waals surface area contributed by atoms with E-state index in [4.69, 9.17) is 5.11 Å². The van der Waals surface area contributed by atoms with Crippen molar-refractivity contribution in [1.82, 2.24) is 14.4 Å². The van der Waals surface area contributed by atoms with Crippen LogP contribution in [0, 0.1) is 5.92 Å². The summed E-state index contributed by atoms with van der Waals surface area (Å²) in [4.78, 5) is 41.7. The molecular formula is C28H31N3O4. The van der Waals surface area contributed by atoms with E-state index >= 15 is 0 Å². The molecule has 0 saturated carbocycles. The number of para-hydroxylation sites is 1. The summed E-state index contributed by atoms with van der Waals surface area (Å²) in [6.45, 7) is 5.52. The lowest BCUT2D eigenvalue weighted by atomic mass is 9.93. The Labute approximate surface area is 204 Å². The summed E-state index contributed by atoms with van der Waals surface area (Å²) in [6.07, 6.45) is 1.41. The lowest BCUT2D eigenvalue weighted by Crippen LogP contribution is -2.61. The van der Waals surface area contributed by atoms with E-state index in [1.54, 1.807) is 21.9 Å². The van der Waals surface area contributed by atoms with Crippen molar-refractivity contribution in [2.45, 2.75) is 45.8 Å². The molecule has 0 radical (unpaired) electrons. The van der Waals surface area contributed by atoms with Crippen molar-refractivity contribution in [3.8, 4) is 0 Å². The molecule has 35 heavy (non-hydrogen) atoms. The number of aromatic nitrogens is 1. The van der Waals surface area contributed by atoms with Crippen molar-refractivity contribution in [3.05, 3.63) is 70.9 Å². The highest BCUT2D eigenvalue weighted by atomic mass is 16.3. The van der Waals surface area contributed by atoms with Crippen molar-refractivity contribution < 1.29 is 19.5 Å². The number of hydrogen-bond acceptors (Lipinski definition) is 4. The molecule has 0 spiro atoms. The van der Waals surface area contributed by atoms with Crippen LogP contribution in [0.3, 0.4) is 0 Å². The van der Waals surface area contributed by atoms with Gasteiger partial charge in [-0.2, -0.15) is 0 Å². The Balaban J connectivity index is 1.49. The minimum Gasteiger partial charge on any atom is -0.388 e. The monoisotopic (exact) mass is 473 g/mol. The Morgan fingerprint density at radius 2 is 1.80 bits per heavy atom. The standard InChI is InChI=1S/C28H31N3O4/c1-18(2)11-12-29-16-27(34)31-15-25-22(13-24(31)28(29)35)21-5-3-4-6-23(21)30(25)14-19-7-9-20(10-8-19)26(33)17-32/h3-10,18,24,32H,11-17H2,1-2H3. The molecule has 2 aliphatic heterocycles. The number of carbonyl (C=O) groups is 3. The van der Waals surface area contributed by atoms with Gasteiger partial charge >= 0.3 is 0 Å². The molecule has 5 rings (SSSR count). The van der Waals surface area contributed by atoms with Gasteiger partial charge in [0.05, 0.1) is 13.1 Å². The number of hydrogen-bond donors (Lipinski definition) is 1. The maximum atomic E-state index is 13.4. The van der Waals surface area contributed by atoms with Gasteiger partial charge in [0, 0.05) is 41.7 Å². The number of amides is 2. The number of carbonyl (C=O) groups excluding carboxylic acids is 3. The van der Waals surface area contributed by atoms with Gasteiger partial charge in [-0.1, -0.05) is 56.3 Å². The molecule has 2 aliphatic rings. The third-order valence-corrected chi connectivity index (χ3v) is 7.27. The van der Waals surface area contributed by atoms with E-state index in [9.17, 15) is 14.4 Å². The molecule has 0 aliphatic carbocycles. The highest BCUT2D eigenvalue weighted by Crippen LogP contribution is 2.35. The van der Waals surface area contributed by atoms with Crippen LogP contribution in [-0.2, 0) is 29.1 Å². The van der Waals surface area contributed by atoms with Crippen LogP contribution in [0.4, 0.5) is 0 Å². The Morgan fingerprint density at radius 1 is 1.06 bits per heavy atom. The second-order valence-corrected chi connectivity index (χ2v) is 9.99. The average molecular weight is 474 g/mol. The molecule has 3 heterocycles. The quantitative estimate of drug-likeness (QED) is 0.535. The zero-order valence-electron chi connectivity index (χ0n) is 20.2. The predicted octanol–water partition coefficient (Wildman–Crippen LogP) is 3.01. The smallest absolute Gasteiger partial charge is 0.246 e. The van der Waals surface area contributed by atoms with Gasteiger partial charge in [0.1, 0.15) is 12.6 Å². The molecule has 1 atom stereocenters. The summed E-state index contributed by atoms with van der Waals surface area (Å²) in [5.41, 5.74) is 4.78.